The van der Waals surface area contributed by atoms with Crippen molar-refractivity contribution in [1.82, 2.24) is 14.5 Å². The van der Waals surface area contributed by atoms with Crippen LogP contribution in [0, 0.1) is 5.92 Å². The molecule has 0 aliphatic heterocycles. The molecule has 0 bridgehead atoms. The zero-order chi connectivity index (χ0) is 19.7. The van der Waals surface area contributed by atoms with Crippen LogP contribution < -0.4 is 22.3 Å². The Morgan fingerprint density at radius 2 is 1.85 bits per heavy atom. The average molecular weight is 372 g/mol. The van der Waals surface area contributed by atoms with Crippen LogP contribution in [0.25, 0.3) is 22.1 Å². The van der Waals surface area contributed by atoms with Gasteiger partial charge in [-0.25, -0.2) is 9.36 Å². The van der Waals surface area contributed by atoms with E-state index in [9.17, 15) is 19.2 Å². The molecule has 0 radical (unpaired) electrons. The standard InChI is InChI=1S/C18H20N4O5/c1-10(2)7-20-14(24)9-22-17(25)16-15(21(18(22)26)8-13(19)23)11-5-3-4-6-12(11)27-16/h3-6,10H,7-9H2,1-2H3,(H2,19,23)(H,20,24). The zero-order valence-electron chi connectivity index (χ0n) is 15.0. The predicted octanol–water partition coefficient (Wildman–Crippen LogP) is 0.167. The molecule has 2 heterocycles. The minimum Gasteiger partial charge on any atom is -0.449 e. The summed E-state index contributed by atoms with van der Waals surface area (Å²) in [5.74, 6) is -1.02. The number of carbonyl (C=O) groups excluding carboxylic acids is 2. The quantitative estimate of drug-likeness (QED) is 0.637. The van der Waals surface area contributed by atoms with Gasteiger partial charge >= 0.3 is 5.69 Å². The molecule has 142 valence electrons. The number of para-hydroxylation sites is 1. The first-order valence-electron chi connectivity index (χ1n) is 8.49. The number of fused-ring (bicyclic) bond motifs is 3. The second kappa shape index (κ2) is 7.10. The summed E-state index contributed by atoms with van der Waals surface area (Å²) >= 11 is 0. The van der Waals surface area contributed by atoms with Crippen LogP contribution in [0.15, 0.2) is 38.3 Å². The Kier molecular flexibility index (Phi) is 4.85. The Balaban J connectivity index is 2.22. The maximum absolute atomic E-state index is 12.9. The second-order valence-corrected chi connectivity index (χ2v) is 6.70. The zero-order valence-corrected chi connectivity index (χ0v) is 15.0. The maximum Gasteiger partial charge on any atom is 0.332 e. The van der Waals surface area contributed by atoms with Crippen LogP contribution in [0.2, 0.25) is 0 Å². The lowest BCUT2D eigenvalue weighted by Crippen LogP contribution is -2.45. The van der Waals surface area contributed by atoms with E-state index in [2.05, 4.69) is 5.32 Å². The first-order chi connectivity index (χ1) is 12.8. The lowest BCUT2D eigenvalue weighted by Gasteiger charge is -2.11. The van der Waals surface area contributed by atoms with Crippen molar-refractivity contribution < 1.29 is 14.0 Å². The highest BCUT2D eigenvalue weighted by Gasteiger charge is 2.21. The predicted molar refractivity (Wildman–Crippen MR) is 99.3 cm³/mol. The van der Waals surface area contributed by atoms with E-state index in [1.807, 2.05) is 13.8 Å². The van der Waals surface area contributed by atoms with Gasteiger partial charge in [0.15, 0.2) is 0 Å². The monoisotopic (exact) mass is 372 g/mol. The van der Waals surface area contributed by atoms with E-state index in [0.717, 1.165) is 9.13 Å². The van der Waals surface area contributed by atoms with Crippen LogP contribution in [0.1, 0.15) is 13.8 Å². The van der Waals surface area contributed by atoms with Gasteiger partial charge in [-0.15, -0.1) is 0 Å². The second-order valence-electron chi connectivity index (χ2n) is 6.70. The van der Waals surface area contributed by atoms with Gasteiger partial charge in [0.05, 0.1) is 0 Å². The van der Waals surface area contributed by atoms with Crippen molar-refractivity contribution in [2.45, 2.75) is 26.9 Å². The highest BCUT2D eigenvalue weighted by Crippen LogP contribution is 2.25. The number of hydrogen-bond acceptors (Lipinski definition) is 5. The Labute approximate surface area is 153 Å². The van der Waals surface area contributed by atoms with E-state index < -0.39 is 36.2 Å². The fraction of sp³-hybridized carbons (Fsp3) is 0.333. The summed E-state index contributed by atoms with van der Waals surface area (Å²) in [6, 6.07) is 6.77. The molecule has 9 nitrogen and oxygen atoms in total. The molecule has 2 aromatic heterocycles. The minimum atomic E-state index is -0.794. The fourth-order valence-electron chi connectivity index (χ4n) is 2.86. The number of nitrogens with two attached hydrogens (primary N) is 1. The Morgan fingerprint density at radius 3 is 2.52 bits per heavy atom. The van der Waals surface area contributed by atoms with Crippen molar-refractivity contribution in [3.05, 3.63) is 45.1 Å². The van der Waals surface area contributed by atoms with Crippen molar-refractivity contribution in [2.24, 2.45) is 11.7 Å². The van der Waals surface area contributed by atoms with E-state index in [4.69, 9.17) is 10.2 Å². The summed E-state index contributed by atoms with van der Waals surface area (Å²) in [5, 5.41) is 3.16. The first kappa shape index (κ1) is 18.4. The normalized spacial score (nSPS) is 11.4. The van der Waals surface area contributed by atoms with Crippen LogP contribution in [0.5, 0.6) is 0 Å². The van der Waals surface area contributed by atoms with Crippen LogP contribution in [0.4, 0.5) is 0 Å². The first-order valence-corrected chi connectivity index (χ1v) is 8.49. The van der Waals surface area contributed by atoms with Gasteiger partial charge in [-0.1, -0.05) is 26.0 Å². The Morgan fingerprint density at radius 1 is 1.15 bits per heavy atom. The maximum atomic E-state index is 12.9. The average Bonchev–Trinajstić information content (AvgIpc) is 3.00. The summed E-state index contributed by atoms with van der Waals surface area (Å²) in [7, 11) is 0. The van der Waals surface area contributed by atoms with Crippen LogP contribution in [-0.2, 0) is 22.7 Å². The number of amides is 2. The number of nitrogens with one attached hydrogen (secondary N) is 1. The SMILES string of the molecule is CC(C)CNC(=O)Cn1c(=O)c2oc3ccccc3c2n(CC(N)=O)c1=O. The molecule has 1 aromatic carbocycles. The number of nitrogens with zero attached hydrogens (tertiary/aromatic N) is 2. The van der Waals surface area contributed by atoms with E-state index in [1.165, 1.54) is 0 Å². The molecule has 2 amide bonds. The van der Waals surface area contributed by atoms with Gasteiger partial charge in [-0.2, -0.15) is 0 Å². The van der Waals surface area contributed by atoms with Gasteiger partial charge in [0.2, 0.25) is 17.4 Å². The number of carbonyl (C=O) groups is 2. The van der Waals surface area contributed by atoms with Gasteiger partial charge < -0.3 is 15.5 Å². The molecular weight excluding hydrogens is 352 g/mol. The van der Waals surface area contributed by atoms with Crippen molar-refractivity contribution in [1.29, 1.82) is 0 Å². The van der Waals surface area contributed by atoms with Crippen molar-refractivity contribution >= 4 is 33.9 Å². The molecule has 0 saturated carbocycles. The van der Waals surface area contributed by atoms with E-state index >= 15 is 0 Å². The molecule has 0 aliphatic rings. The van der Waals surface area contributed by atoms with Gasteiger partial charge in [0.1, 0.15) is 24.2 Å². The molecule has 3 aromatic rings. The molecule has 0 atom stereocenters. The van der Waals surface area contributed by atoms with Gasteiger partial charge in [0.25, 0.3) is 5.56 Å². The number of benzene rings is 1. The van der Waals surface area contributed by atoms with E-state index in [-0.39, 0.29) is 17.0 Å². The lowest BCUT2D eigenvalue weighted by atomic mass is 10.2. The molecule has 3 N–H and O–H groups in total. The largest absolute Gasteiger partial charge is 0.449 e. The summed E-state index contributed by atoms with van der Waals surface area (Å²) < 4.78 is 7.43. The van der Waals surface area contributed by atoms with Gasteiger partial charge in [0, 0.05) is 11.9 Å². The fourth-order valence-corrected chi connectivity index (χ4v) is 2.86. The number of rotatable bonds is 6. The van der Waals surface area contributed by atoms with Crippen LogP contribution in [-0.4, -0.2) is 27.5 Å². The van der Waals surface area contributed by atoms with Gasteiger partial charge in [-0.3, -0.25) is 19.0 Å². The lowest BCUT2D eigenvalue weighted by molar-refractivity contribution is -0.122. The smallest absolute Gasteiger partial charge is 0.332 e. The Hall–Kier alpha value is -3.36. The molecular formula is C18H20N4O5. The topological polar surface area (TPSA) is 129 Å². The molecule has 0 fully saturated rings. The van der Waals surface area contributed by atoms with Gasteiger partial charge in [-0.05, 0) is 18.1 Å². The van der Waals surface area contributed by atoms with Crippen molar-refractivity contribution in [3.8, 4) is 0 Å². The van der Waals surface area contributed by atoms with Crippen LogP contribution in [0.3, 0.4) is 0 Å². The molecule has 0 unspecified atom stereocenters. The van der Waals surface area contributed by atoms with Crippen molar-refractivity contribution in [2.75, 3.05) is 6.54 Å². The van der Waals surface area contributed by atoms with E-state index in [1.54, 1.807) is 24.3 Å². The Bertz CT molecular complexity index is 1150. The van der Waals surface area contributed by atoms with Crippen LogP contribution >= 0.6 is 0 Å². The molecule has 9 heteroatoms. The molecule has 0 saturated heterocycles. The molecule has 27 heavy (non-hydrogen) atoms. The number of furan rings is 1. The molecule has 0 aliphatic carbocycles. The van der Waals surface area contributed by atoms with E-state index in [0.29, 0.717) is 17.5 Å². The summed E-state index contributed by atoms with van der Waals surface area (Å²) in [6.07, 6.45) is 0. The molecule has 3 rings (SSSR count). The van der Waals surface area contributed by atoms with Crippen molar-refractivity contribution in [3.63, 3.8) is 0 Å². The minimum absolute atomic E-state index is 0.103. The number of aromatic nitrogens is 2. The molecule has 0 spiro atoms. The summed E-state index contributed by atoms with van der Waals surface area (Å²) in [4.78, 5) is 49.2. The third-order valence-corrected chi connectivity index (χ3v) is 4.06. The summed E-state index contributed by atoms with van der Waals surface area (Å²) in [6.45, 7) is 3.35. The third-order valence-electron chi connectivity index (χ3n) is 4.06. The summed E-state index contributed by atoms with van der Waals surface area (Å²) in [5.41, 5.74) is 4.23. The third kappa shape index (κ3) is 3.48. The highest BCUT2D eigenvalue weighted by atomic mass is 16.3. The highest BCUT2D eigenvalue weighted by molar-refractivity contribution is 6.02. The number of hydrogen-bond donors (Lipinski definition) is 2. The number of primary amides is 1.